The van der Waals surface area contributed by atoms with E-state index < -0.39 is 0 Å². The van der Waals surface area contributed by atoms with Crippen molar-refractivity contribution in [2.45, 2.75) is 0 Å². The van der Waals surface area contributed by atoms with Crippen LogP contribution in [0.15, 0.2) is 36.4 Å². The van der Waals surface area contributed by atoms with Crippen LogP contribution in [-0.4, -0.2) is 26.7 Å². The van der Waals surface area contributed by atoms with E-state index in [9.17, 15) is 4.79 Å². The molecule has 0 aliphatic rings. The number of nitrogens with one attached hydrogen (secondary N) is 2. The van der Waals surface area contributed by atoms with E-state index in [1.54, 1.807) is 43.5 Å². The Labute approximate surface area is 144 Å². The number of halogens is 2. The highest BCUT2D eigenvalue weighted by atomic mass is 35.5. The van der Waals surface area contributed by atoms with E-state index in [1.807, 2.05) is 0 Å². The molecule has 1 amide bonds. The minimum atomic E-state index is -0.248. The zero-order valence-corrected chi connectivity index (χ0v) is 14.2. The Kier molecular flexibility index (Phi) is 5.96. The topological polar surface area (TPSA) is 59.6 Å². The molecule has 5 nitrogen and oxygen atoms in total. The van der Waals surface area contributed by atoms with Gasteiger partial charge in [-0.3, -0.25) is 4.79 Å². The minimum absolute atomic E-state index is 0.0434. The molecule has 122 valence electrons. The number of benzene rings is 2. The monoisotopic (exact) mass is 354 g/mol. The van der Waals surface area contributed by atoms with Crippen molar-refractivity contribution >= 4 is 40.5 Å². The van der Waals surface area contributed by atoms with E-state index >= 15 is 0 Å². The van der Waals surface area contributed by atoms with Crippen LogP contribution in [0.4, 0.5) is 11.4 Å². The molecule has 0 saturated heterocycles. The summed E-state index contributed by atoms with van der Waals surface area (Å²) in [5.41, 5.74) is 1.16. The van der Waals surface area contributed by atoms with E-state index in [-0.39, 0.29) is 12.5 Å². The van der Waals surface area contributed by atoms with Crippen LogP contribution in [0.3, 0.4) is 0 Å². The Balaban J connectivity index is 2.02. The number of amides is 1. The Hall–Kier alpha value is -2.11. The number of methoxy groups -OCH3 is 2. The Bertz CT molecular complexity index is 708. The molecule has 0 atom stereocenters. The molecule has 23 heavy (non-hydrogen) atoms. The molecule has 0 aliphatic carbocycles. The van der Waals surface area contributed by atoms with Crippen LogP contribution in [0.2, 0.25) is 10.0 Å². The Morgan fingerprint density at radius 1 is 1.04 bits per heavy atom. The van der Waals surface area contributed by atoms with Crippen molar-refractivity contribution < 1.29 is 14.3 Å². The smallest absolute Gasteiger partial charge is 0.243 e. The number of anilines is 2. The lowest BCUT2D eigenvalue weighted by Gasteiger charge is -2.13. The summed E-state index contributed by atoms with van der Waals surface area (Å²) in [5, 5.41) is 6.70. The molecule has 0 unspecified atom stereocenters. The fraction of sp³-hybridized carbons (Fsp3) is 0.188. The van der Waals surface area contributed by atoms with Gasteiger partial charge in [-0.25, -0.2) is 0 Å². The van der Waals surface area contributed by atoms with Crippen molar-refractivity contribution in [1.82, 2.24) is 0 Å². The maximum absolute atomic E-state index is 12.1. The molecule has 2 N–H and O–H groups in total. The van der Waals surface area contributed by atoms with E-state index in [0.717, 1.165) is 0 Å². The van der Waals surface area contributed by atoms with Crippen molar-refractivity contribution in [2.24, 2.45) is 0 Å². The summed E-state index contributed by atoms with van der Waals surface area (Å²) in [4.78, 5) is 12.1. The van der Waals surface area contributed by atoms with Crippen molar-refractivity contribution in [1.29, 1.82) is 0 Å². The number of hydrogen-bond acceptors (Lipinski definition) is 4. The SMILES string of the molecule is COc1ccc(OC)c(NC(=O)CNc2ccc(Cl)cc2Cl)c1. The van der Waals surface area contributed by atoms with Crippen molar-refractivity contribution in [2.75, 3.05) is 31.4 Å². The van der Waals surface area contributed by atoms with Crippen molar-refractivity contribution in [3.63, 3.8) is 0 Å². The Morgan fingerprint density at radius 2 is 1.83 bits per heavy atom. The van der Waals surface area contributed by atoms with Crippen LogP contribution in [0.25, 0.3) is 0 Å². The largest absolute Gasteiger partial charge is 0.497 e. The van der Waals surface area contributed by atoms with Gasteiger partial charge in [-0.05, 0) is 30.3 Å². The molecule has 2 aromatic carbocycles. The maximum Gasteiger partial charge on any atom is 0.243 e. The summed E-state index contributed by atoms with van der Waals surface area (Å²) in [6.45, 7) is 0.0434. The molecular weight excluding hydrogens is 339 g/mol. The first-order chi connectivity index (χ1) is 11.0. The van der Waals surface area contributed by atoms with E-state index in [4.69, 9.17) is 32.7 Å². The van der Waals surface area contributed by atoms with Crippen LogP contribution >= 0.6 is 23.2 Å². The first-order valence-electron chi connectivity index (χ1n) is 6.74. The summed E-state index contributed by atoms with van der Waals surface area (Å²) in [6, 6.07) is 10.2. The van der Waals surface area contributed by atoms with Crippen LogP contribution < -0.4 is 20.1 Å². The lowest BCUT2D eigenvalue weighted by atomic mass is 10.2. The van der Waals surface area contributed by atoms with Gasteiger partial charge in [0.15, 0.2) is 0 Å². The van der Waals surface area contributed by atoms with Crippen molar-refractivity contribution in [3.05, 3.63) is 46.4 Å². The zero-order valence-electron chi connectivity index (χ0n) is 12.7. The molecule has 0 aromatic heterocycles. The minimum Gasteiger partial charge on any atom is -0.497 e. The van der Waals surface area contributed by atoms with Crippen LogP contribution in [-0.2, 0) is 4.79 Å². The van der Waals surface area contributed by atoms with Crippen molar-refractivity contribution in [3.8, 4) is 11.5 Å². The summed E-state index contributed by atoms with van der Waals surface area (Å²) in [5.74, 6) is 0.918. The highest BCUT2D eigenvalue weighted by Crippen LogP contribution is 2.29. The quantitative estimate of drug-likeness (QED) is 0.820. The highest BCUT2D eigenvalue weighted by molar-refractivity contribution is 6.36. The molecule has 2 rings (SSSR count). The summed E-state index contributed by atoms with van der Waals surface area (Å²) in [6.07, 6.45) is 0. The van der Waals surface area contributed by atoms with E-state index in [0.29, 0.717) is 32.9 Å². The van der Waals surface area contributed by atoms with Crippen LogP contribution in [0.1, 0.15) is 0 Å². The molecule has 0 radical (unpaired) electrons. The molecule has 0 bridgehead atoms. The highest BCUT2D eigenvalue weighted by Gasteiger charge is 2.10. The molecule has 0 fully saturated rings. The molecule has 0 heterocycles. The van der Waals surface area contributed by atoms with Gasteiger partial charge in [0.2, 0.25) is 5.91 Å². The normalized spacial score (nSPS) is 10.1. The number of hydrogen-bond donors (Lipinski definition) is 2. The van der Waals surface area contributed by atoms with Gasteiger partial charge in [-0.15, -0.1) is 0 Å². The second-order valence-electron chi connectivity index (χ2n) is 4.59. The number of carbonyl (C=O) groups is 1. The van der Waals surface area contributed by atoms with Crippen LogP contribution in [0.5, 0.6) is 11.5 Å². The molecule has 0 aliphatic heterocycles. The standard InChI is InChI=1S/C16H16Cl2N2O3/c1-22-11-4-6-15(23-2)14(8-11)20-16(21)9-19-13-5-3-10(17)7-12(13)18/h3-8,19H,9H2,1-2H3,(H,20,21). The van der Waals surface area contributed by atoms with Gasteiger partial charge >= 0.3 is 0 Å². The molecule has 0 spiro atoms. The fourth-order valence-corrected chi connectivity index (χ4v) is 2.39. The van der Waals surface area contributed by atoms with Gasteiger partial charge in [-0.2, -0.15) is 0 Å². The fourth-order valence-electron chi connectivity index (χ4n) is 1.91. The van der Waals surface area contributed by atoms with Gasteiger partial charge < -0.3 is 20.1 Å². The first-order valence-corrected chi connectivity index (χ1v) is 7.50. The van der Waals surface area contributed by atoms with E-state index in [2.05, 4.69) is 10.6 Å². The molecule has 0 saturated carbocycles. The lowest BCUT2D eigenvalue weighted by molar-refractivity contribution is -0.114. The maximum atomic E-state index is 12.1. The van der Waals surface area contributed by atoms with E-state index in [1.165, 1.54) is 7.11 Å². The number of ether oxygens (including phenoxy) is 2. The predicted molar refractivity (Wildman–Crippen MR) is 93.1 cm³/mol. The van der Waals surface area contributed by atoms with Crippen LogP contribution in [0, 0.1) is 0 Å². The number of carbonyl (C=O) groups excluding carboxylic acids is 1. The van der Waals surface area contributed by atoms with Gasteiger partial charge in [0.05, 0.1) is 37.2 Å². The lowest BCUT2D eigenvalue weighted by Crippen LogP contribution is -2.22. The molecule has 7 heteroatoms. The second-order valence-corrected chi connectivity index (χ2v) is 5.44. The summed E-state index contributed by atoms with van der Waals surface area (Å²) >= 11 is 11.9. The van der Waals surface area contributed by atoms with Gasteiger partial charge in [0, 0.05) is 11.1 Å². The van der Waals surface area contributed by atoms with Gasteiger partial charge in [0.1, 0.15) is 11.5 Å². The zero-order chi connectivity index (χ0) is 16.8. The third-order valence-corrected chi connectivity index (χ3v) is 3.60. The average Bonchev–Trinajstić information content (AvgIpc) is 2.54. The summed E-state index contributed by atoms with van der Waals surface area (Å²) in [7, 11) is 3.08. The second kappa shape index (κ2) is 7.94. The van der Waals surface area contributed by atoms with Gasteiger partial charge in [0.25, 0.3) is 0 Å². The third-order valence-electron chi connectivity index (χ3n) is 3.05. The predicted octanol–water partition coefficient (Wildman–Crippen LogP) is 4.06. The first kappa shape index (κ1) is 17.2. The van der Waals surface area contributed by atoms with Gasteiger partial charge in [-0.1, -0.05) is 23.2 Å². The average molecular weight is 355 g/mol. The number of rotatable bonds is 6. The molecule has 2 aromatic rings. The summed E-state index contributed by atoms with van der Waals surface area (Å²) < 4.78 is 10.4. The third kappa shape index (κ3) is 4.68. The molecular formula is C16H16Cl2N2O3. The Morgan fingerprint density at radius 3 is 2.48 bits per heavy atom.